The number of ether oxygens (including phenoxy) is 2. The van der Waals surface area contributed by atoms with E-state index in [4.69, 9.17) is 32.7 Å². The van der Waals surface area contributed by atoms with Crippen molar-refractivity contribution < 1.29 is 14.3 Å². The van der Waals surface area contributed by atoms with Gasteiger partial charge in [0, 0.05) is 17.0 Å². The van der Waals surface area contributed by atoms with Crippen LogP contribution in [-0.4, -0.2) is 31.6 Å². The minimum atomic E-state index is -0.0816. The zero-order chi connectivity index (χ0) is 21.7. The average molecular weight is 464 g/mol. The Bertz CT molecular complexity index is 1040. The predicted octanol–water partition coefficient (Wildman–Crippen LogP) is 6.27. The van der Waals surface area contributed by atoms with Crippen LogP contribution in [0.1, 0.15) is 26.4 Å². The highest BCUT2D eigenvalue weighted by atomic mass is 35.5. The molecule has 0 spiro atoms. The molecular formula is C23H23Cl2NO3S. The molecule has 158 valence electrons. The number of hydrogen-bond donors (Lipinski definition) is 0. The Balaban J connectivity index is 1.83. The smallest absolute Gasteiger partial charge is 0.254 e. The van der Waals surface area contributed by atoms with Crippen molar-refractivity contribution in [3.8, 4) is 11.5 Å². The molecule has 0 bridgehead atoms. The van der Waals surface area contributed by atoms with Gasteiger partial charge in [-0.2, -0.15) is 0 Å². The summed E-state index contributed by atoms with van der Waals surface area (Å²) in [6.45, 7) is 3.14. The van der Waals surface area contributed by atoms with E-state index in [0.29, 0.717) is 46.6 Å². The summed E-state index contributed by atoms with van der Waals surface area (Å²) in [6, 6.07) is 12.9. The van der Waals surface area contributed by atoms with Gasteiger partial charge in [-0.15, -0.1) is 11.3 Å². The molecule has 0 aliphatic carbocycles. The van der Waals surface area contributed by atoms with Gasteiger partial charge in [0.15, 0.2) is 11.5 Å². The molecule has 3 aromatic rings. The van der Waals surface area contributed by atoms with Crippen LogP contribution in [0.15, 0.2) is 47.8 Å². The molecule has 0 N–H and O–H groups in total. The zero-order valence-electron chi connectivity index (χ0n) is 17.1. The molecular weight excluding hydrogens is 441 g/mol. The van der Waals surface area contributed by atoms with Gasteiger partial charge >= 0.3 is 0 Å². The Hall–Kier alpha value is -2.21. The molecule has 0 aliphatic rings. The minimum absolute atomic E-state index is 0.0816. The summed E-state index contributed by atoms with van der Waals surface area (Å²) in [7, 11) is 3.22. The summed E-state index contributed by atoms with van der Waals surface area (Å²) in [5, 5.41) is 2.84. The molecule has 1 amide bonds. The fraction of sp³-hybridized carbons (Fsp3) is 0.261. The van der Waals surface area contributed by atoms with Gasteiger partial charge in [0.1, 0.15) is 0 Å². The van der Waals surface area contributed by atoms with Crippen molar-refractivity contribution in [2.45, 2.75) is 19.9 Å². The van der Waals surface area contributed by atoms with Crippen LogP contribution in [0.2, 0.25) is 10.0 Å². The number of hydrogen-bond acceptors (Lipinski definition) is 4. The highest BCUT2D eigenvalue weighted by Gasteiger charge is 2.19. The summed E-state index contributed by atoms with van der Waals surface area (Å²) in [4.78, 5) is 16.3. The molecule has 3 rings (SSSR count). The lowest BCUT2D eigenvalue weighted by Gasteiger charge is -2.23. The second-order valence-corrected chi connectivity index (χ2v) is 8.64. The van der Waals surface area contributed by atoms with E-state index in [9.17, 15) is 4.79 Å². The molecule has 2 aromatic carbocycles. The fourth-order valence-electron chi connectivity index (χ4n) is 3.10. The van der Waals surface area contributed by atoms with Crippen LogP contribution in [-0.2, 0) is 13.0 Å². The van der Waals surface area contributed by atoms with Crippen LogP contribution in [0, 0.1) is 6.92 Å². The SMILES string of the molecule is COc1ccc(CCN(Cc2sccc2C)C(=O)c2ccc(Cl)c(Cl)c2)cc1OC. The summed E-state index contributed by atoms with van der Waals surface area (Å²) in [6.07, 6.45) is 0.678. The Morgan fingerprint density at radius 2 is 1.77 bits per heavy atom. The van der Waals surface area contributed by atoms with E-state index < -0.39 is 0 Å². The van der Waals surface area contributed by atoms with E-state index in [-0.39, 0.29) is 5.91 Å². The topological polar surface area (TPSA) is 38.8 Å². The van der Waals surface area contributed by atoms with E-state index in [1.54, 1.807) is 43.8 Å². The maximum Gasteiger partial charge on any atom is 0.254 e. The van der Waals surface area contributed by atoms with Gasteiger partial charge < -0.3 is 14.4 Å². The predicted molar refractivity (Wildman–Crippen MR) is 124 cm³/mol. The number of carbonyl (C=O) groups is 1. The number of carbonyl (C=O) groups excluding carboxylic acids is 1. The fourth-order valence-corrected chi connectivity index (χ4v) is 4.32. The monoisotopic (exact) mass is 463 g/mol. The van der Waals surface area contributed by atoms with Crippen LogP contribution in [0.3, 0.4) is 0 Å². The third-order valence-corrected chi connectivity index (χ3v) is 6.62. The summed E-state index contributed by atoms with van der Waals surface area (Å²) in [5.74, 6) is 1.27. The molecule has 1 heterocycles. The molecule has 0 aliphatic heterocycles. The Kier molecular flexibility index (Phi) is 7.64. The van der Waals surface area contributed by atoms with Crippen LogP contribution < -0.4 is 9.47 Å². The summed E-state index contributed by atoms with van der Waals surface area (Å²) in [5.41, 5.74) is 2.76. The lowest BCUT2D eigenvalue weighted by molar-refractivity contribution is 0.0746. The number of methoxy groups -OCH3 is 2. The van der Waals surface area contributed by atoms with E-state index in [1.807, 2.05) is 28.5 Å². The number of nitrogens with zero attached hydrogens (tertiary/aromatic N) is 1. The van der Waals surface area contributed by atoms with Crippen molar-refractivity contribution in [1.82, 2.24) is 4.90 Å². The summed E-state index contributed by atoms with van der Waals surface area (Å²) >= 11 is 13.8. The van der Waals surface area contributed by atoms with Crippen molar-refractivity contribution in [3.63, 3.8) is 0 Å². The van der Waals surface area contributed by atoms with Crippen molar-refractivity contribution in [3.05, 3.63) is 79.5 Å². The number of thiophene rings is 1. The van der Waals surface area contributed by atoms with Gasteiger partial charge in [0.2, 0.25) is 0 Å². The zero-order valence-corrected chi connectivity index (χ0v) is 19.4. The highest BCUT2D eigenvalue weighted by Crippen LogP contribution is 2.28. The molecule has 0 atom stereocenters. The lowest BCUT2D eigenvalue weighted by Crippen LogP contribution is -2.32. The third-order valence-electron chi connectivity index (χ3n) is 4.87. The maximum absolute atomic E-state index is 13.3. The average Bonchev–Trinajstić information content (AvgIpc) is 3.16. The van der Waals surface area contributed by atoms with Crippen molar-refractivity contribution in [1.29, 1.82) is 0 Å². The van der Waals surface area contributed by atoms with Crippen LogP contribution in [0.4, 0.5) is 0 Å². The van der Waals surface area contributed by atoms with E-state index in [2.05, 4.69) is 13.0 Å². The van der Waals surface area contributed by atoms with E-state index in [1.165, 1.54) is 5.56 Å². The van der Waals surface area contributed by atoms with Crippen molar-refractivity contribution >= 4 is 40.4 Å². The second-order valence-electron chi connectivity index (χ2n) is 6.82. The quantitative estimate of drug-likeness (QED) is 0.395. The van der Waals surface area contributed by atoms with Crippen molar-refractivity contribution in [2.24, 2.45) is 0 Å². The summed E-state index contributed by atoms with van der Waals surface area (Å²) < 4.78 is 10.7. The first-order valence-corrected chi connectivity index (χ1v) is 11.0. The number of amides is 1. The third kappa shape index (κ3) is 5.28. The molecule has 0 fully saturated rings. The number of halogens is 2. The normalized spacial score (nSPS) is 10.7. The molecule has 0 saturated heterocycles. The van der Waals surface area contributed by atoms with Crippen LogP contribution >= 0.6 is 34.5 Å². The highest BCUT2D eigenvalue weighted by molar-refractivity contribution is 7.10. The standard InChI is InChI=1S/C23H23Cl2NO3S/c1-15-9-11-30-22(15)14-26(23(27)17-5-6-18(24)19(25)13-17)10-8-16-4-7-20(28-2)21(12-16)29-3/h4-7,9,11-13H,8,10,14H2,1-3H3. The first kappa shape index (κ1) is 22.5. The van der Waals surface area contributed by atoms with Crippen LogP contribution in [0.5, 0.6) is 11.5 Å². The first-order chi connectivity index (χ1) is 14.4. The van der Waals surface area contributed by atoms with Gasteiger partial charge in [-0.05, 0) is 66.2 Å². The number of rotatable bonds is 8. The second kappa shape index (κ2) is 10.2. The largest absolute Gasteiger partial charge is 0.493 e. The van der Waals surface area contributed by atoms with Gasteiger partial charge in [-0.3, -0.25) is 4.79 Å². The van der Waals surface area contributed by atoms with Gasteiger partial charge in [0.25, 0.3) is 5.91 Å². The Morgan fingerprint density at radius 1 is 1.00 bits per heavy atom. The minimum Gasteiger partial charge on any atom is -0.493 e. The molecule has 7 heteroatoms. The Morgan fingerprint density at radius 3 is 2.40 bits per heavy atom. The van der Waals surface area contributed by atoms with Gasteiger partial charge in [-0.1, -0.05) is 29.3 Å². The first-order valence-electron chi connectivity index (χ1n) is 9.41. The van der Waals surface area contributed by atoms with Crippen molar-refractivity contribution in [2.75, 3.05) is 20.8 Å². The van der Waals surface area contributed by atoms with Crippen LogP contribution in [0.25, 0.3) is 0 Å². The molecule has 4 nitrogen and oxygen atoms in total. The number of aryl methyl sites for hydroxylation is 1. The maximum atomic E-state index is 13.3. The molecule has 1 aromatic heterocycles. The van der Waals surface area contributed by atoms with Gasteiger partial charge in [-0.25, -0.2) is 0 Å². The van der Waals surface area contributed by atoms with Gasteiger partial charge in [0.05, 0.1) is 30.8 Å². The molecule has 30 heavy (non-hydrogen) atoms. The number of benzene rings is 2. The molecule has 0 unspecified atom stereocenters. The Labute approximate surface area is 190 Å². The van der Waals surface area contributed by atoms with E-state index in [0.717, 1.165) is 10.4 Å². The van der Waals surface area contributed by atoms with E-state index >= 15 is 0 Å². The molecule has 0 saturated carbocycles. The lowest BCUT2D eigenvalue weighted by atomic mass is 10.1. The molecule has 0 radical (unpaired) electrons.